The molecule has 5 nitrogen and oxygen atoms in total. The number of nitrogens with zero attached hydrogens (tertiary/aromatic N) is 5. The first-order valence-electron chi connectivity index (χ1n) is 5.43. The fourth-order valence-corrected chi connectivity index (χ4v) is 2.02. The Morgan fingerprint density at radius 3 is 2.41 bits per heavy atom. The fourth-order valence-electron chi connectivity index (χ4n) is 1.35. The summed E-state index contributed by atoms with van der Waals surface area (Å²) in [6.07, 6.45) is 1.98. The number of aryl methyl sites for hydroxylation is 2. The lowest BCUT2D eigenvalue weighted by Gasteiger charge is -2.10. The standard InChI is InChI=1S/C11H17N5Si/c1-8-10(6-7-17(3,4)5)11(15-16-12)14-9(2)13-8/h6-7H,1-5H3/b7-6+. The summed E-state index contributed by atoms with van der Waals surface area (Å²) in [5.41, 5.74) is 12.4. The van der Waals surface area contributed by atoms with Gasteiger partial charge in [0.1, 0.15) is 11.6 Å². The maximum absolute atomic E-state index is 8.54. The Morgan fingerprint density at radius 1 is 1.24 bits per heavy atom. The number of hydrogen-bond acceptors (Lipinski definition) is 3. The molecule has 0 unspecified atom stereocenters. The van der Waals surface area contributed by atoms with Gasteiger partial charge in [0.25, 0.3) is 0 Å². The minimum atomic E-state index is -1.29. The molecule has 0 atom stereocenters. The van der Waals surface area contributed by atoms with E-state index in [-0.39, 0.29) is 0 Å². The summed E-state index contributed by atoms with van der Waals surface area (Å²) < 4.78 is 0. The topological polar surface area (TPSA) is 74.5 Å². The van der Waals surface area contributed by atoms with Crippen LogP contribution in [-0.4, -0.2) is 18.0 Å². The van der Waals surface area contributed by atoms with Crippen LogP contribution < -0.4 is 0 Å². The van der Waals surface area contributed by atoms with E-state index in [1.807, 2.05) is 13.0 Å². The van der Waals surface area contributed by atoms with Gasteiger partial charge in [0, 0.05) is 16.2 Å². The predicted octanol–water partition coefficient (Wildman–Crippen LogP) is 3.93. The molecule has 1 aromatic heterocycles. The fraction of sp³-hybridized carbons (Fsp3) is 0.455. The first-order chi connectivity index (χ1) is 7.83. The summed E-state index contributed by atoms with van der Waals surface area (Å²) in [4.78, 5) is 11.2. The molecule has 0 saturated heterocycles. The van der Waals surface area contributed by atoms with Crippen LogP contribution in [0.5, 0.6) is 0 Å². The van der Waals surface area contributed by atoms with Gasteiger partial charge in [0.05, 0.1) is 8.07 Å². The molecule has 0 fully saturated rings. The van der Waals surface area contributed by atoms with Gasteiger partial charge in [-0.05, 0) is 24.5 Å². The van der Waals surface area contributed by atoms with Gasteiger partial charge in [0.2, 0.25) is 0 Å². The summed E-state index contributed by atoms with van der Waals surface area (Å²) in [5.74, 6) is 1.03. The van der Waals surface area contributed by atoms with Gasteiger partial charge in [-0.25, -0.2) is 9.97 Å². The lowest BCUT2D eigenvalue weighted by molar-refractivity contribution is 0.998. The van der Waals surface area contributed by atoms with Crippen molar-refractivity contribution >= 4 is 20.0 Å². The Bertz CT molecular complexity index is 495. The van der Waals surface area contributed by atoms with Crippen molar-refractivity contribution < 1.29 is 0 Å². The summed E-state index contributed by atoms with van der Waals surface area (Å²) in [6, 6.07) is 0. The molecule has 1 aromatic rings. The molecule has 6 heteroatoms. The van der Waals surface area contributed by atoms with Gasteiger partial charge >= 0.3 is 0 Å². The molecule has 0 N–H and O–H groups in total. The molecule has 0 aromatic carbocycles. The van der Waals surface area contributed by atoms with E-state index in [1.165, 1.54) is 0 Å². The SMILES string of the molecule is Cc1nc(C)c(/C=C/[Si](C)(C)C)c(N=[N+]=[N-])n1. The minimum absolute atomic E-state index is 0.409. The number of aromatic nitrogens is 2. The second-order valence-electron chi connectivity index (χ2n) is 4.98. The summed E-state index contributed by atoms with van der Waals surface area (Å²) in [6.45, 7) is 10.4. The first-order valence-corrected chi connectivity index (χ1v) is 9.01. The Labute approximate surface area is 102 Å². The number of rotatable bonds is 3. The molecule has 17 heavy (non-hydrogen) atoms. The second-order valence-corrected chi connectivity index (χ2v) is 10.0. The highest BCUT2D eigenvalue weighted by atomic mass is 28.3. The van der Waals surface area contributed by atoms with E-state index in [9.17, 15) is 0 Å². The van der Waals surface area contributed by atoms with Gasteiger partial charge in [-0.3, -0.25) is 0 Å². The van der Waals surface area contributed by atoms with Crippen LogP contribution in [0.2, 0.25) is 19.6 Å². The van der Waals surface area contributed by atoms with E-state index >= 15 is 0 Å². The summed E-state index contributed by atoms with van der Waals surface area (Å²) in [7, 11) is -1.29. The van der Waals surface area contributed by atoms with Crippen LogP contribution in [0.25, 0.3) is 16.5 Å². The van der Waals surface area contributed by atoms with Crippen molar-refractivity contribution in [2.45, 2.75) is 33.5 Å². The zero-order valence-corrected chi connectivity index (χ0v) is 11.9. The first kappa shape index (κ1) is 13.4. The van der Waals surface area contributed by atoms with Crippen LogP contribution in [0.1, 0.15) is 17.1 Å². The van der Waals surface area contributed by atoms with Gasteiger partial charge in [-0.15, -0.1) is 0 Å². The monoisotopic (exact) mass is 247 g/mol. The molecule has 1 rings (SSSR count). The highest BCUT2D eigenvalue weighted by Gasteiger charge is 2.10. The van der Waals surface area contributed by atoms with E-state index in [4.69, 9.17) is 5.53 Å². The molecule has 0 aliphatic carbocycles. The van der Waals surface area contributed by atoms with Crippen LogP contribution in [0.3, 0.4) is 0 Å². The Balaban J connectivity index is 3.31. The lowest BCUT2D eigenvalue weighted by atomic mass is 10.2. The molecule has 0 bridgehead atoms. The van der Waals surface area contributed by atoms with Crippen molar-refractivity contribution in [1.82, 2.24) is 9.97 Å². The van der Waals surface area contributed by atoms with Crippen molar-refractivity contribution in [3.63, 3.8) is 0 Å². The molecular formula is C11H17N5Si. The third-order valence-corrected chi connectivity index (χ3v) is 3.28. The lowest BCUT2D eigenvalue weighted by Crippen LogP contribution is -2.15. The molecule has 90 valence electrons. The van der Waals surface area contributed by atoms with Crippen LogP contribution in [-0.2, 0) is 0 Å². The van der Waals surface area contributed by atoms with Gasteiger partial charge in [0.15, 0.2) is 0 Å². The normalized spacial score (nSPS) is 11.6. The smallest absolute Gasteiger partial charge is 0.137 e. The van der Waals surface area contributed by atoms with Crippen molar-refractivity contribution in [1.29, 1.82) is 0 Å². The predicted molar refractivity (Wildman–Crippen MR) is 72.7 cm³/mol. The molecular weight excluding hydrogens is 230 g/mol. The van der Waals surface area contributed by atoms with Crippen molar-refractivity contribution in [3.8, 4) is 0 Å². The highest BCUT2D eigenvalue weighted by molar-refractivity contribution is 6.81. The summed E-state index contributed by atoms with van der Waals surface area (Å²) >= 11 is 0. The van der Waals surface area contributed by atoms with Crippen molar-refractivity contribution in [2.75, 3.05) is 0 Å². The molecule has 0 aliphatic heterocycles. The van der Waals surface area contributed by atoms with Crippen LogP contribution in [0.4, 0.5) is 5.82 Å². The zero-order valence-electron chi connectivity index (χ0n) is 10.9. The molecule has 1 heterocycles. The average Bonchev–Trinajstić information content (AvgIpc) is 2.14. The van der Waals surface area contributed by atoms with Crippen LogP contribution in [0.15, 0.2) is 10.8 Å². The van der Waals surface area contributed by atoms with E-state index in [2.05, 4.69) is 45.3 Å². The molecule has 0 saturated carbocycles. The average molecular weight is 247 g/mol. The van der Waals surface area contributed by atoms with Crippen LogP contribution >= 0.6 is 0 Å². The maximum atomic E-state index is 8.54. The molecule has 0 radical (unpaired) electrons. The quantitative estimate of drug-likeness (QED) is 0.351. The minimum Gasteiger partial charge on any atom is -0.238 e. The zero-order chi connectivity index (χ0) is 13.1. The van der Waals surface area contributed by atoms with E-state index in [1.54, 1.807) is 6.92 Å². The summed E-state index contributed by atoms with van der Waals surface area (Å²) in [5, 5.41) is 3.62. The van der Waals surface area contributed by atoms with E-state index in [0.717, 1.165) is 11.3 Å². The van der Waals surface area contributed by atoms with Crippen molar-refractivity contribution in [3.05, 3.63) is 33.2 Å². The number of azide groups is 1. The highest BCUT2D eigenvalue weighted by Crippen LogP contribution is 2.22. The van der Waals surface area contributed by atoms with Crippen molar-refractivity contribution in [2.24, 2.45) is 5.11 Å². The Morgan fingerprint density at radius 2 is 1.88 bits per heavy atom. The van der Waals surface area contributed by atoms with Gasteiger partial charge in [-0.1, -0.05) is 31.4 Å². The third-order valence-electron chi connectivity index (χ3n) is 2.12. The third kappa shape index (κ3) is 4.01. The Hall–Kier alpha value is -1.65. The van der Waals surface area contributed by atoms with Crippen LogP contribution in [0, 0.1) is 13.8 Å². The molecule has 0 aliphatic rings. The molecule has 0 spiro atoms. The van der Waals surface area contributed by atoms with Gasteiger partial charge < -0.3 is 0 Å². The van der Waals surface area contributed by atoms with Gasteiger partial charge in [-0.2, -0.15) is 0 Å². The maximum Gasteiger partial charge on any atom is 0.137 e. The number of hydrogen-bond donors (Lipinski definition) is 0. The second kappa shape index (κ2) is 5.12. The van der Waals surface area contributed by atoms with E-state index < -0.39 is 8.07 Å². The largest absolute Gasteiger partial charge is 0.238 e. The Kier molecular flexibility index (Phi) is 4.04. The van der Waals surface area contributed by atoms with E-state index in [0.29, 0.717) is 11.6 Å². The molecule has 0 amide bonds.